The summed E-state index contributed by atoms with van der Waals surface area (Å²) in [5.74, 6) is -2.16. The molecule has 3 heterocycles. The van der Waals surface area contributed by atoms with Gasteiger partial charge in [-0.05, 0) is 18.2 Å². The van der Waals surface area contributed by atoms with Gasteiger partial charge < -0.3 is 20.0 Å². The molecule has 0 radical (unpaired) electrons. The molecular weight excluding hydrogens is 388 g/mol. The number of fused-ring (bicyclic) bond motifs is 1. The average Bonchev–Trinajstić information content (AvgIpc) is 3.02. The van der Waals surface area contributed by atoms with E-state index in [4.69, 9.17) is 23.9 Å². The number of halogens is 3. The van der Waals surface area contributed by atoms with E-state index in [1.807, 2.05) is 10.6 Å². The minimum absolute atomic E-state index is 0.00755. The molecule has 1 aromatic carbocycles. The average molecular weight is 404 g/mol. The number of hydrogen-bond donors (Lipinski definition) is 1. The van der Waals surface area contributed by atoms with Gasteiger partial charge in [0, 0.05) is 24.5 Å². The summed E-state index contributed by atoms with van der Waals surface area (Å²) in [7, 11) is 0. The van der Waals surface area contributed by atoms with Gasteiger partial charge in [0.2, 0.25) is 5.95 Å². The van der Waals surface area contributed by atoms with Gasteiger partial charge in [0.25, 0.3) is 11.7 Å². The number of nitrogens with zero attached hydrogens (tertiary/aromatic N) is 6. The lowest BCUT2D eigenvalue weighted by atomic mass is 10.0. The lowest BCUT2D eigenvalue weighted by Crippen LogP contribution is -2.55. The molecule has 10 heteroatoms. The van der Waals surface area contributed by atoms with Crippen molar-refractivity contribution < 1.29 is 8.78 Å². The molecule has 28 heavy (non-hydrogen) atoms. The highest BCUT2D eigenvalue weighted by Gasteiger charge is 2.42. The predicted molar refractivity (Wildman–Crippen MR) is 102 cm³/mol. The van der Waals surface area contributed by atoms with Gasteiger partial charge in [0.05, 0.1) is 29.8 Å². The molecule has 1 aliphatic heterocycles. The first-order valence-corrected chi connectivity index (χ1v) is 8.98. The minimum atomic E-state index is -2.89. The van der Waals surface area contributed by atoms with E-state index < -0.39 is 12.0 Å². The molecule has 7 nitrogen and oxygen atoms in total. The molecule has 1 aliphatic rings. The molecular formula is C18H16ClF2N7. The maximum atomic E-state index is 13.8. The maximum absolute atomic E-state index is 13.8. The molecule has 144 valence electrons. The zero-order chi connectivity index (χ0) is 19.9. The van der Waals surface area contributed by atoms with E-state index in [9.17, 15) is 8.78 Å². The highest BCUT2D eigenvalue weighted by Crippen LogP contribution is 2.32. The first-order chi connectivity index (χ1) is 13.4. The molecule has 1 saturated heterocycles. The van der Waals surface area contributed by atoms with Crippen molar-refractivity contribution in [3.05, 3.63) is 52.7 Å². The fourth-order valence-electron chi connectivity index (χ4n) is 3.25. The first kappa shape index (κ1) is 18.5. The Bertz CT molecular complexity index is 1060. The van der Waals surface area contributed by atoms with Crippen LogP contribution >= 0.6 is 11.6 Å². The van der Waals surface area contributed by atoms with Gasteiger partial charge in [-0.15, -0.1) is 4.98 Å². The van der Waals surface area contributed by atoms with Crippen molar-refractivity contribution in [1.29, 1.82) is 0 Å². The Labute approximate surface area is 164 Å². The summed E-state index contributed by atoms with van der Waals surface area (Å²) in [5, 5.41) is 0.534. The van der Waals surface area contributed by atoms with Crippen LogP contribution in [0, 0.1) is 6.57 Å². The number of alkyl halides is 2. The molecule has 0 bridgehead atoms. The van der Waals surface area contributed by atoms with Crippen molar-refractivity contribution in [3.63, 3.8) is 0 Å². The zero-order valence-corrected chi connectivity index (χ0v) is 15.4. The number of imidazole rings is 1. The van der Waals surface area contributed by atoms with Crippen molar-refractivity contribution in [2.24, 2.45) is 5.73 Å². The van der Waals surface area contributed by atoms with Crippen LogP contribution in [0.3, 0.4) is 0 Å². The highest BCUT2D eigenvalue weighted by molar-refractivity contribution is 6.31. The summed E-state index contributed by atoms with van der Waals surface area (Å²) >= 11 is 6.09. The van der Waals surface area contributed by atoms with Crippen LogP contribution in [0.2, 0.25) is 5.02 Å². The molecule has 1 fully saturated rings. The Morgan fingerprint density at radius 2 is 2.14 bits per heavy atom. The van der Waals surface area contributed by atoms with Crippen LogP contribution in [-0.2, 0) is 6.54 Å². The lowest BCUT2D eigenvalue weighted by molar-refractivity contribution is -0.0395. The fraction of sp³-hybridized carbons (Fsp3) is 0.333. The van der Waals surface area contributed by atoms with Crippen molar-refractivity contribution in [2.45, 2.75) is 24.9 Å². The topological polar surface area (TPSA) is 77.2 Å². The highest BCUT2D eigenvalue weighted by atomic mass is 35.5. The van der Waals surface area contributed by atoms with Crippen LogP contribution in [-0.4, -0.2) is 44.6 Å². The van der Waals surface area contributed by atoms with Gasteiger partial charge in [0.15, 0.2) is 0 Å². The molecule has 3 aromatic rings. The van der Waals surface area contributed by atoms with Gasteiger partial charge in [-0.3, -0.25) is 4.98 Å². The number of anilines is 1. The number of piperidine rings is 1. The standard InChI is InChI=1S/C18H16ClF2N7/c1-23-16-8-24-12(7-25-16)9-28-14-3-2-11(19)6-13(14)26-17(28)27-5-4-18(20,21)15(22)10-27/h2-3,6-8,15H,4-5,9-10,22H2/t15-/m1/s1. The Balaban J connectivity index is 1.75. The third-order valence-corrected chi connectivity index (χ3v) is 5.01. The Hall–Kier alpha value is -2.83. The quantitative estimate of drug-likeness (QED) is 0.679. The summed E-state index contributed by atoms with van der Waals surface area (Å²) in [6, 6.07) is 4.03. The minimum Gasteiger partial charge on any atom is -0.359 e. The normalized spacial score (nSPS) is 19.0. The molecule has 0 aliphatic carbocycles. The largest absolute Gasteiger partial charge is 0.359 e. The molecule has 0 saturated carbocycles. The van der Waals surface area contributed by atoms with Crippen LogP contribution in [0.15, 0.2) is 30.6 Å². The predicted octanol–water partition coefficient (Wildman–Crippen LogP) is 3.25. The second-order valence-corrected chi connectivity index (χ2v) is 7.11. The van der Waals surface area contributed by atoms with Crippen molar-refractivity contribution >= 4 is 34.4 Å². The summed E-state index contributed by atoms with van der Waals surface area (Å²) in [6.45, 7) is 7.42. The summed E-state index contributed by atoms with van der Waals surface area (Å²) in [5.41, 5.74) is 7.76. The Kier molecular flexibility index (Phi) is 4.61. The number of hydrogen-bond acceptors (Lipinski definition) is 5. The fourth-order valence-corrected chi connectivity index (χ4v) is 3.42. The molecule has 0 amide bonds. The van der Waals surface area contributed by atoms with Crippen molar-refractivity contribution in [3.8, 4) is 0 Å². The van der Waals surface area contributed by atoms with Crippen LogP contribution < -0.4 is 10.6 Å². The van der Waals surface area contributed by atoms with Crippen LogP contribution in [0.4, 0.5) is 20.5 Å². The van der Waals surface area contributed by atoms with Crippen LogP contribution in [0.5, 0.6) is 0 Å². The van der Waals surface area contributed by atoms with E-state index >= 15 is 0 Å². The van der Waals surface area contributed by atoms with Crippen molar-refractivity contribution in [2.75, 3.05) is 18.0 Å². The number of nitrogens with two attached hydrogens (primary N) is 1. The smallest absolute Gasteiger partial charge is 0.287 e. The first-order valence-electron chi connectivity index (χ1n) is 8.60. The second kappa shape index (κ2) is 6.96. The van der Waals surface area contributed by atoms with Crippen LogP contribution in [0.25, 0.3) is 15.9 Å². The number of aromatic nitrogens is 4. The second-order valence-electron chi connectivity index (χ2n) is 6.67. The zero-order valence-electron chi connectivity index (χ0n) is 14.7. The van der Waals surface area contributed by atoms with Gasteiger partial charge in [-0.2, -0.15) is 0 Å². The van der Waals surface area contributed by atoms with E-state index in [1.54, 1.807) is 17.0 Å². The van der Waals surface area contributed by atoms with Gasteiger partial charge in [0.1, 0.15) is 11.9 Å². The van der Waals surface area contributed by atoms with Gasteiger partial charge >= 0.3 is 0 Å². The van der Waals surface area contributed by atoms with E-state index in [0.29, 0.717) is 28.7 Å². The van der Waals surface area contributed by atoms with Crippen molar-refractivity contribution in [1.82, 2.24) is 19.5 Å². The number of benzene rings is 1. The Morgan fingerprint density at radius 1 is 1.32 bits per heavy atom. The monoisotopic (exact) mass is 403 g/mol. The summed E-state index contributed by atoms with van der Waals surface area (Å²) in [4.78, 5) is 17.9. The maximum Gasteiger partial charge on any atom is 0.287 e. The van der Waals surface area contributed by atoms with E-state index in [1.165, 1.54) is 12.4 Å². The van der Waals surface area contributed by atoms with Gasteiger partial charge in [-0.1, -0.05) is 18.2 Å². The third kappa shape index (κ3) is 3.37. The number of rotatable bonds is 3. The van der Waals surface area contributed by atoms with E-state index in [-0.39, 0.29) is 25.3 Å². The Morgan fingerprint density at radius 3 is 2.82 bits per heavy atom. The molecule has 2 aromatic heterocycles. The van der Waals surface area contributed by atoms with Gasteiger partial charge in [-0.25, -0.2) is 13.8 Å². The molecule has 4 rings (SSSR count). The van der Waals surface area contributed by atoms with E-state index in [2.05, 4.69) is 19.8 Å². The molecule has 1 atom stereocenters. The molecule has 0 spiro atoms. The third-order valence-electron chi connectivity index (χ3n) is 4.77. The summed E-state index contributed by atoms with van der Waals surface area (Å²) in [6.07, 6.45) is 2.59. The van der Waals surface area contributed by atoms with Crippen LogP contribution in [0.1, 0.15) is 12.1 Å². The lowest BCUT2D eigenvalue weighted by Gasteiger charge is -2.37. The van der Waals surface area contributed by atoms with E-state index in [0.717, 1.165) is 5.52 Å². The SMILES string of the molecule is [C-]#[N+]c1cnc(Cn2c(N3CCC(F)(F)[C@H](N)C3)nc3cc(Cl)ccc32)cn1. The summed E-state index contributed by atoms with van der Waals surface area (Å²) < 4.78 is 29.5. The molecule has 2 N–H and O–H groups in total. The molecule has 0 unspecified atom stereocenters.